The van der Waals surface area contributed by atoms with Crippen molar-refractivity contribution in [1.82, 2.24) is 24.6 Å². The fraction of sp³-hybridized carbons (Fsp3) is 0.261. The highest BCUT2D eigenvalue weighted by molar-refractivity contribution is 6.02. The first-order chi connectivity index (χ1) is 16.7. The molecule has 1 aliphatic heterocycles. The second-order valence-electron chi connectivity index (χ2n) is 7.70. The summed E-state index contributed by atoms with van der Waals surface area (Å²) in [6.45, 7) is 3.66. The number of aromatic nitrogens is 5. The number of H-pyrrole nitrogens is 1. The van der Waals surface area contributed by atoms with Crippen molar-refractivity contribution in [1.29, 1.82) is 0 Å². The fourth-order valence-electron chi connectivity index (χ4n) is 3.50. The molecule has 0 spiro atoms. The smallest absolute Gasteiger partial charge is 0.381 e. The number of nitrogens with one attached hydrogen (secondary N) is 2. The van der Waals surface area contributed by atoms with Gasteiger partial charge in [0.15, 0.2) is 11.3 Å². The molecule has 2 N–H and O–H groups in total. The first-order valence-electron chi connectivity index (χ1n) is 10.7. The summed E-state index contributed by atoms with van der Waals surface area (Å²) in [7, 11) is 0. The molecule has 0 radical (unpaired) electrons. The van der Waals surface area contributed by atoms with Crippen molar-refractivity contribution >= 4 is 17.4 Å². The van der Waals surface area contributed by atoms with E-state index < -0.39 is 23.3 Å². The summed E-state index contributed by atoms with van der Waals surface area (Å²) >= 11 is 0. The van der Waals surface area contributed by atoms with E-state index in [1.54, 1.807) is 6.92 Å². The number of aromatic amines is 1. The minimum Gasteiger partial charge on any atom is -0.381 e. The summed E-state index contributed by atoms with van der Waals surface area (Å²) in [5.41, 5.74) is -0.726. The summed E-state index contributed by atoms with van der Waals surface area (Å²) < 4.78 is 46.4. The molecule has 1 fully saturated rings. The minimum atomic E-state index is -4.57. The lowest BCUT2D eigenvalue weighted by Gasteiger charge is -2.13. The summed E-state index contributed by atoms with van der Waals surface area (Å²) in [6, 6.07) is 7.92. The molecule has 0 unspecified atom stereocenters. The maximum Gasteiger partial charge on any atom is 0.417 e. The van der Waals surface area contributed by atoms with E-state index in [1.165, 1.54) is 60.1 Å². The molecule has 4 heterocycles. The zero-order valence-electron chi connectivity index (χ0n) is 18.6. The third-order valence-corrected chi connectivity index (χ3v) is 5.14. The Hall–Kier alpha value is -4.06. The van der Waals surface area contributed by atoms with E-state index in [0.717, 1.165) is 19.3 Å². The predicted molar refractivity (Wildman–Crippen MR) is 121 cm³/mol. The van der Waals surface area contributed by atoms with Gasteiger partial charge in [-0.2, -0.15) is 18.3 Å². The lowest BCUT2D eigenvalue weighted by atomic mass is 10.0. The van der Waals surface area contributed by atoms with Crippen molar-refractivity contribution in [3.8, 4) is 11.3 Å². The van der Waals surface area contributed by atoms with Crippen molar-refractivity contribution in [2.24, 2.45) is 0 Å². The molecule has 4 aromatic rings. The lowest BCUT2D eigenvalue weighted by molar-refractivity contribution is -0.137. The Kier molecular flexibility index (Phi) is 6.92. The Balaban J connectivity index is 0.000000514. The number of imidazole rings is 1. The summed E-state index contributed by atoms with van der Waals surface area (Å²) in [5, 5.41) is 6.71. The number of fused-ring (bicyclic) bond motifs is 1. The van der Waals surface area contributed by atoms with Gasteiger partial charge in [0, 0.05) is 25.0 Å². The number of carbonyl (C=O) groups is 1. The molecule has 182 valence electrons. The van der Waals surface area contributed by atoms with Crippen LogP contribution in [0.2, 0.25) is 0 Å². The van der Waals surface area contributed by atoms with E-state index in [2.05, 4.69) is 25.4 Å². The number of anilines is 1. The van der Waals surface area contributed by atoms with Crippen molar-refractivity contribution in [3.63, 3.8) is 0 Å². The first-order valence-corrected chi connectivity index (χ1v) is 10.7. The highest BCUT2D eigenvalue weighted by Gasteiger charge is 2.34. The van der Waals surface area contributed by atoms with Gasteiger partial charge in [-0.05, 0) is 43.5 Å². The van der Waals surface area contributed by atoms with Gasteiger partial charge in [-0.1, -0.05) is 18.2 Å². The van der Waals surface area contributed by atoms with Gasteiger partial charge in [-0.3, -0.25) is 9.78 Å². The molecule has 1 amide bonds. The molecular formula is C23H21F3N6O3. The van der Waals surface area contributed by atoms with Gasteiger partial charge in [-0.15, -0.1) is 0 Å². The summed E-state index contributed by atoms with van der Waals surface area (Å²) in [5.74, 6) is -0.553. The van der Waals surface area contributed by atoms with Gasteiger partial charge in [0.25, 0.3) is 5.91 Å². The van der Waals surface area contributed by atoms with Gasteiger partial charge < -0.3 is 10.1 Å². The van der Waals surface area contributed by atoms with Crippen molar-refractivity contribution in [2.75, 3.05) is 18.5 Å². The van der Waals surface area contributed by atoms with Gasteiger partial charge >= 0.3 is 11.9 Å². The maximum absolute atomic E-state index is 13.4. The molecule has 0 saturated carbocycles. The lowest BCUT2D eigenvalue weighted by Crippen LogP contribution is -2.19. The summed E-state index contributed by atoms with van der Waals surface area (Å²) in [4.78, 5) is 33.9. The van der Waals surface area contributed by atoms with Gasteiger partial charge in [0.1, 0.15) is 5.82 Å². The van der Waals surface area contributed by atoms with Crippen LogP contribution in [0.4, 0.5) is 19.0 Å². The highest BCUT2D eigenvalue weighted by Crippen LogP contribution is 2.36. The largest absolute Gasteiger partial charge is 0.417 e. The Labute approximate surface area is 197 Å². The maximum atomic E-state index is 13.4. The zero-order chi connectivity index (χ0) is 25.0. The Morgan fingerprint density at radius 1 is 1.14 bits per heavy atom. The molecule has 0 atom stereocenters. The van der Waals surface area contributed by atoms with Crippen LogP contribution < -0.4 is 11.0 Å². The normalized spacial score (nSPS) is 13.4. The second kappa shape index (κ2) is 10.1. The standard InChI is InChI=1S/C19H13F3N6O2.C4H8O/c1-10-8-13(11-4-2-3-5-12(11)19(20,21)22)27-28-14(9-24-16(10)28)17(29)25-15-6-7-23-18(30)26-15;1-2-4-5-3-1/h2-9H,1H3,(H2,23,25,26,29,30);1-4H2. The molecule has 9 nitrogen and oxygen atoms in total. The zero-order valence-corrected chi connectivity index (χ0v) is 18.6. The van der Waals surface area contributed by atoms with E-state index in [-0.39, 0.29) is 22.8 Å². The number of nitrogens with zero attached hydrogens (tertiary/aromatic N) is 4. The van der Waals surface area contributed by atoms with Crippen LogP contribution in [0.5, 0.6) is 0 Å². The minimum absolute atomic E-state index is 0.0166. The Morgan fingerprint density at radius 2 is 1.89 bits per heavy atom. The second-order valence-corrected chi connectivity index (χ2v) is 7.70. The average Bonchev–Trinajstić information content (AvgIpc) is 3.52. The number of alkyl halides is 3. The van der Waals surface area contributed by atoms with Crippen molar-refractivity contribution < 1.29 is 22.7 Å². The van der Waals surface area contributed by atoms with Gasteiger partial charge in [0.05, 0.1) is 17.5 Å². The van der Waals surface area contributed by atoms with Gasteiger partial charge in [0.2, 0.25) is 0 Å². The molecule has 1 aliphatic rings. The first kappa shape index (κ1) is 24.1. The molecule has 3 aromatic heterocycles. The van der Waals surface area contributed by atoms with Crippen LogP contribution in [-0.2, 0) is 10.9 Å². The van der Waals surface area contributed by atoms with Crippen LogP contribution in [0.3, 0.4) is 0 Å². The quantitative estimate of drug-likeness (QED) is 0.455. The third-order valence-electron chi connectivity index (χ3n) is 5.14. The van der Waals surface area contributed by atoms with E-state index >= 15 is 0 Å². The molecule has 12 heteroatoms. The van der Waals surface area contributed by atoms with E-state index in [0.29, 0.717) is 11.2 Å². The van der Waals surface area contributed by atoms with Crippen LogP contribution in [0.1, 0.15) is 34.5 Å². The molecule has 1 aromatic carbocycles. The SMILES string of the molecule is C1CCOC1.Cc1cc(-c2ccccc2C(F)(F)F)nn2c(C(=O)Nc3ccnc(=O)[nH]3)cnc12. The number of amides is 1. The van der Waals surface area contributed by atoms with Crippen LogP contribution in [0.25, 0.3) is 16.9 Å². The molecular weight excluding hydrogens is 465 g/mol. The molecule has 0 aliphatic carbocycles. The van der Waals surface area contributed by atoms with Crippen LogP contribution in [0, 0.1) is 6.92 Å². The Bertz CT molecular complexity index is 1400. The van der Waals surface area contributed by atoms with E-state index in [4.69, 9.17) is 4.74 Å². The number of hydrogen-bond donors (Lipinski definition) is 2. The average molecular weight is 486 g/mol. The molecule has 5 rings (SSSR count). The van der Waals surface area contributed by atoms with Crippen molar-refractivity contribution in [3.05, 3.63) is 76.1 Å². The molecule has 0 bridgehead atoms. The number of aryl methyl sites for hydroxylation is 1. The van der Waals surface area contributed by atoms with Crippen molar-refractivity contribution in [2.45, 2.75) is 25.9 Å². The third kappa shape index (κ3) is 5.54. The predicted octanol–water partition coefficient (Wildman–Crippen LogP) is 3.86. The van der Waals surface area contributed by atoms with E-state index in [1.807, 2.05) is 0 Å². The number of rotatable bonds is 3. The van der Waals surface area contributed by atoms with E-state index in [9.17, 15) is 22.8 Å². The van der Waals surface area contributed by atoms with Gasteiger partial charge in [-0.25, -0.2) is 19.3 Å². The number of ether oxygens (including phenoxy) is 1. The topological polar surface area (TPSA) is 114 Å². The summed E-state index contributed by atoms with van der Waals surface area (Å²) in [6.07, 6.45) is 0.463. The highest BCUT2D eigenvalue weighted by atomic mass is 19.4. The number of hydrogen-bond acceptors (Lipinski definition) is 6. The van der Waals surface area contributed by atoms with Crippen LogP contribution in [-0.4, -0.2) is 43.7 Å². The van der Waals surface area contributed by atoms with Crippen LogP contribution >= 0.6 is 0 Å². The fourth-order valence-corrected chi connectivity index (χ4v) is 3.50. The molecule has 1 saturated heterocycles. The number of carbonyl (C=O) groups excluding carboxylic acids is 1. The van der Waals surface area contributed by atoms with Crippen LogP contribution in [0.15, 0.2) is 53.6 Å². The number of benzene rings is 1. The Morgan fingerprint density at radius 3 is 2.54 bits per heavy atom. The number of halogens is 3. The molecule has 35 heavy (non-hydrogen) atoms. The monoisotopic (exact) mass is 486 g/mol.